The number of hydrogen-bond acceptors (Lipinski definition) is 4. The standard InChI is InChI=1S/C13H15ClN2O2S/c1-8-9(4-5-19-8)6-12(17)16-11-3-2-10(7-15-11)13(14)18/h2-3,7-9H,4-6H2,1H3,(H,15,16,17). The Bertz CT molecular complexity index is 478. The number of nitrogens with zero attached hydrogens (tertiary/aromatic N) is 1. The number of hydrogen-bond donors (Lipinski definition) is 1. The van der Waals surface area contributed by atoms with Crippen LogP contribution in [0.25, 0.3) is 0 Å². The van der Waals surface area contributed by atoms with Crippen LogP contribution in [0.2, 0.25) is 0 Å². The highest BCUT2D eigenvalue weighted by Crippen LogP contribution is 2.34. The molecule has 0 aromatic carbocycles. The lowest BCUT2D eigenvalue weighted by atomic mass is 9.99. The highest BCUT2D eigenvalue weighted by Gasteiger charge is 2.26. The van der Waals surface area contributed by atoms with Gasteiger partial charge in [0.05, 0.1) is 5.56 Å². The molecule has 4 nitrogen and oxygen atoms in total. The molecule has 2 atom stereocenters. The molecule has 1 fully saturated rings. The van der Waals surface area contributed by atoms with Crippen molar-refractivity contribution in [3.8, 4) is 0 Å². The van der Waals surface area contributed by atoms with Gasteiger partial charge in [-0.25, -0.2) is 4.98 Å². The Balaban J connectivity index is 1.89. The van der Waals surface area contributed by atoms with Crippen molar-refractivity contribution < 1.29 is 9.59 Å². The van der Waals surface area contributed by atoms with Crippen molar-refractivity contribution in [3.63, 3.8) is 0 Å². The van der Waals surface area contributed by atoms with E-state index in [1.807, 2.05) is 11.8 Å². The maximum atomic E-state index is 11.9. The number of aromatic nitrogens is 1. The lowest BCUT2D eigenvalue weighted by molar-refractivity contribution is -0.117. The number of anilines is 1. The molecule has 19 heavy (non-hydrogen) atoms. The zero-order valence-electron chi connectivity index (χ0n) is 10.6. The first-order valence-corrected chi connectivity index (χ1v) is 7.56. The quantitative estimate of drug-likeness (QED) is 0.868. The molecule has 1 aliphatic rings. The van der Waals surface area contributed by atoms with E-state index in [9.17, 15) is 9.59 Å². The van der Waals surface area contributed by atoms with Crippen molar-refractivity contribution in [3.05, 3.63) is 23.9 Å². The fraction of sp³-hybridized carbons (Fsp3) is 0.462. The summed E-state index contributed by atoms with van der Waals surface area (Å²) in [7, 11) is 0. The Hall–Kier alpha value is -1.07. The molecular weight excluding hydrogens is 284 g/mol. The van der Waals surface area contributed by atoms with Crippen LogP contribution in [-0.2, 0) is 4.79 Å². The van der Waals surface area contributed by atoms with Gasteiger partial charge in [-0.1, -0.05) is 6.92 Å². The monoisotopic (exact) mass is 298 g/mol. The molecule has 1 amide bonds. The highest BCUT2D eigenvalue weighted by molar-refractivity contribution is 8.00. The van der Waals surface area contributed by atoms with Gasteiger partial charge in [0.1, 0.15) is 5.82 Å². The molecule has 0 radical (unpaired) electrons. The number of pyridine rings is 1. The number of carbonyl (C=O) groups is 2. The van der Waals surface area contributed by atoms with Gasteiger partial charge in [-0.3, -0.25) is 9.59 Å². The second-order valence-corrected chi connectivity index (χ2v) is 6.41. The number of nitrogens with one attached hydrogen (secondary N) is 1. The molecule has 1 aromatic rings. The van der Waals surface area contributed by atoms with Crippen molar-refractivity contribution in [2.45, 2.75) is 25.0 Å². The number of halogens is 1. The zero-order valence-corrected chi connectivity index (χ0v) is 12.1. The van der Waals surface area contributed by atoms with Crippen molar-refractivity contribution in [2.24, 2.45) is 5.92 Å². The Morgan fingerprint density at radius 2 is 2.32 bits per heavy atom. The number of carbonyl (C=O) groups excluding carboxylic acids is 2. The molecule has 102 valence electrons. The van der Waals surface area contributed by atoms with E-state index in [2.05, 4.69) is 17.2 Å². The molecule has 0 saturated carbocycles. The van der Waals surface area contributed by atoms with Gasteiger partial charge in [0.15, 0.2) is 0 Å². The van der Waals surface area contributed by atoms with E-state index >= 15 is 0 Å². The first-order chi connectivity index (χ1) is 9.06. The lowest BCUT2D eigenvalue weighted by Crippen LogP contribution is -2.19. The minimum absolute atomic E-state index is 0.0307. The van der Waals surface area contributed by atoms with E-state index in [0.29, 0.717) is 29.0 Å². The van der Waals surface area contributed by atoms with Crippen molar-refractivity contribution in [2.75, 3.05) is 11.1 Å². The van der Waals surface area contributed by atoms with Gasteiger partial charge in [-0.15, -0.1) is 0 Å². The average Bonchev–Trinajstić information content (AvgIpc) is 2.75. The second kappa shape index (κ2) is 6.39. The first kappa shape index (κ1) is 14.3. The van der Waals surface area contributed by atoms with E-state index in [1.165, 1.54) is 6.20 Å². The Labute approximate surface area is 121 Å². The number of thioether (sulfide) groups is 1. The molecule has 1 N–H and O–H groups in total. The molecule has 2 heterocycles. The smallest absolute Gasteiger partial charge is 0.253 e. The number of rotatable bonds is 4. The topological polar surface area (TPSA) is 59.1 Å². The van der Waals surface area contributed by atoms with E-state index in [4.69, 9.17) is 11.6 Å². The molecule has 1 saturated heterocycles. The number of amides is 1. The largest absolute Gasteiger partial charge is 0.311 e. The third-order valence-corrected chi connectivity index (χ3v) is 4.84. The van der Waals surface area contributed by atoms with Gasteiger partial charge in [-0.2, -0.15) is 11.8 Å². The lowest BCUT2D eigenvalue weighted by Gasteiger charge is -2.13. The second-order valence-electron chi connectivity index (χ2n) is 4.58. The van der Waals surface area contributed by atoms with Crippen LogP contribution in [0.1, 0.15) is 30.1 Å². The molecule has 1 aliphatic heterocycles. The van der Waals surface area contributed by atoms with E-state index in [1.54, 1.807) is 12.1 Å². The van der Waals surface area contributed by atoms with Gasteiger partial charge in [0.25, 0.3) is 5.24 Å². The summed E-state index contributed by atoms with van der Waals surface area (Å²) in [6, 6.07) is 3.13. The van der Waals surface area contributed by atoms with Gasteiger partial charge >= 0.3 is 0 Å². The molecule has 0 bridgehead atoms. The summed E-state index contributed by atoms with van der Waals surface area (Å²) in [4.78, 5) is 26.8. The van der Waals surface area contributed by atoms with Gasteiger partial charge in [-0.05, 0) is 41.8 Å². The third-order valence-electron chi connectivity index (χ3n) is 3.24. The van der Waals surface area contributed by atoms with Crippen LogP contribution in [0.15, 0.2) is 18.3 Å². The summed E-state index contributed by atoms with van der Waals surface area (Å²) in [5.41, 5.74) is 0.320. The van der Waals surface area contributed by atoms with E-state index in [0.717, 1.165) is 12.2 Å². The van der Waals surface area contributed by atoms with E-state index in [-0.39, 0.29) is 5.91 Å². The van der Waals surface area contributed by atoms with Crippen molar-refractivity contribution in [1.82, 2.24) is 4.98 Å². The van der Waals surface area contributed by atoms with Crippen LogP contribution in [0.4, 0.5) is 5.82 Å². The van der Waals surface area contributed by atoms with Crippen LogP contribution in [0, 0.1) is 5.92 Å². The predicted molar refractivity (Wildman–Crippen MR) is 77.7 cm³/mol. The average molecular weight is 299 g/mol. The molecule has 6 heteroatoms. The molecule has 1 aromatic heterocycles. The summed E-state index contributed by atoms with van der Waals surface area (Å²) >= 11 is 7.23. The van der Waals surface area contributed by atoms with Crippen LogP contribution >= 0.6 is 23.4 Å². The normalized spacial score (nSPS) is 22.2. The minimum atomic E-state index is -0.554. The third kappa shape index (κ3) is 3.94. The fourth-order valence-electron chi connectivity index (χ4n) is 2.06. The Morgan fingerprint density at radius 3 is 2.84 bits per heavy atom. The SMILES string of the molecule is CC1SCCC1CC(=O)Nc1ccc(C(=O)Cl)cn1. The summed E-state index contributed by atoms with van der Waals surface area (Å²) < 4.78 is 0. The van der Waals surface area contributed by atoms with Crippen molar-refractivity contribution >= 4 is 40.3 Å². The van der Waals surface area contributed by atoms with Gasteiger partial charge in [0, 0.05) is 17.9 Å². The molecule has 0 aliphatic carbocycles. The molecule has 2 rings (SSSR count). The Kier molecular flexibility index (Phi) is 4.82. The summed E-state index contributed by atoms with van der Waals surface area (Å²) in [6.45, 7) is 2.16. The fourth-order valence-corrected chi connectivity index (χ4v) is 3.49. The predicted octanol–water partition coefficient (Wildman–Crippen LogP) is 2.93. The zero-order chi connectivity index (χ0) is 13.8. The maximum absolute atomic E-state index is 11.9. The van der Waals surface area contributed by atoms with Crippen LogP contribution in [-0.4, -0.2) is 27.1 Å². The molecule has 2 unspecified atom stereocenters. The first-order valence-electron chi connectivity index (χ1n) is 6.13. The Morgan fingerprint density at radius 1 is 1.53 bits per heavy atom. The maximum Gasteiger partial charge on any atom is 0.253 e. The summed E-state index contributed by atoms with van der Waals surface area (Å²) in [6.07, 6.45) is 2.97. The van der Waals surface area contributed by atoms with E-state index < -0.39 is 5.24 Å². The highest BCUT2D eigenvalue weighted by atomic mass is 35.5. The summed E-state index contributed by atoms with van der Waals surface area (Å²) in [5, 5.41) is 2.73. The molecular formula is C13H15ClN2O2S. The molecule has 0 spiro atoms. The minimum Gasteiger partial charge on any atom is -0.311 e. The van der Waals surface area contributed by atoms with Crippen molar-refractivity contribution in [1.29, 1.82) is 0 Å². The van der Waals surface area contributed by atoms with Crippen LogP contribution in [0.3, 0.4) is 0 Å². The van der Waals surface area contributed by atoms with Gasteiger partial charge in [0.2, 0.25) is 5.91 Å². The van der Waals surface area contributed by atoms with Crippen LogP contribution < -0.4 is 5.32 Å². The van der Waals surface area contributed by atoms with Gasteiger partial charge < -0.3 is 5.32 Å². The van der Waals surface area contributed by atoms with Crippen LogP contribution in [0.5, 0.6) is 0 Å². The summed E-state index contributed by atoms with van der Waals surface area (Å²) in [5.74, 6) is 1.99.